The normalized spacial score (nSPS) is 20.4. The second-order valence-corrected chi connectivity index (χ2v) is 7.56. The number of benzene rings is 1. The number of carbonyl (C=O) groups is 3. The topological polar surface area (TPSA) is 60.9 Å². The van der Waals surface area contributed by atoms with Gasteiger partial charge in [0, 0.05) is 39.1 Å². The molecule has 6 heteroatoms. The molecule has 0 unspecified atom stereocenters. The number of amides is 3. The van der Waals surface area contributed by atoms with E-state index in [9.17, 15) is 14.4 Å². The molecule has 2 aliphatic rings. The number of likely N-dealkylation sites (tertiary alicyclic amines) is 1. The molecule has 0 saturated carbocycles. The number of piperazine rings is 1. The van der Waals surface area contributed by atoms with Crippen LogP contribution in [0.3, 0.4) is 0 Å². The first-order chi connectivity index (χ1) is 12.9. The molecule has 0 bridgehead atoms. The van der Waals surface area contributed by atoms with E-state index in [2.05, 4.69) is 24.8 Å². The van der Waals surface area contributed by atoms with Crippen LogP contribution in [0.2, 0.25) is 0 Å². The molecule has 3 amide bonds. The Kier molecular flexibility index (Phi) is 5.63. The van der Waals surface area contributed by atoms with Crippen LogP contribution < -0.4 is 0 Å². The first-order valence-corrected chi connectivity index (χ1v) is 9.39. The predicted molar refractivity (Wildman–Crippen MR) is 103 cm³/mol. The summed E-state index contributed by atoms with van der Waals surface area (Å²) in [6.07, 6.45) is 1.89. The van der Waals surface area contributed by atoms with Crippen molar-refractivity contribution in [1.29, 1.82) is 0 Å². The lowest BCUT2D eigenvalue weighted by Gasteiger charge is -2.35. The van der Waals surface area contributed by atoms with Gasteiger partial charge >= 0.3 is 0 Å². The molecule has 2 saturated heterocycles. The number of rotatable bonds is 5. The van der Waals surface area contributed by atoms with Crippen LogP contribution in [0.5, 0.6) is 0 Å². The van der Waals surface area contributed by atoms with E-state index in [0.717, 1.165) is 5.56 Å². The standard InChI is InChI=1S/C21H27N3O3/c1-4-5-22-13-18(11-19(22)25)21(27)24-7-6-23(20(26)14-24)12-17-9-15(2)8-16(3)10-17/h4,8-10,18H,1,5-7,11-14H2,2-3H3/t18-/m1/s1. The smallest absolute Gasteiger partial charge is 0.242 e. The number of hydrogen-bond acceptors (Lipinski definition) is 3. The minimum absolute atomic E-state index is 0.0203. The molecule has 1 aromatic rings. The second-order valence-electron chi connectivity index (χ2n) is 7.56. The molecular weight excluding hydrogens is 342 g/mol. The van der Waals surface area contributed by atoms with E-state index >= 15 is 0 Å². The number of carbonyl (C=O) groups excluding carboxylic acids is 3. The van der Waals surface area contributed by atoms with Gasteiger partial charge in [-0.3, -0.25) is 14.4 Å². The summed E-state index contributed by atoms with van der Waals surface area (Å²) in [5.41, 5.74) is 3.48. The third-order valence-electron chi connectivity index (χ3n) is 5.20. The van der Waals surface area contributed by atoms with Crippen molar-refractivity contribution in [3.63, 3.8) is 0 Å². The van der Waals surface area contributed by atoms with Crippen molar-refractivity contribution < 1.29 is 14.4 Å². The molecule has 27 heavy (non-hydrogen) atoms. The van der Waals surface area contributed by atoms with Gasteiger partial charge in [0.25, 0.3) is 0 Å². The zero-order chi connectivity index (χ0) is 19.6. The highest BCUT2D eigenvalue weighted by atomic mass is 16.2. The van der Waals surface area contributed by atoms with Gasteiger partial charge in [0.15, 0.2) is 0 Å². The molecule has 1 atom stereocenters. The van der Waals surface area contributed by atoms with Crippen LogP contribution in [0.25, 0.3) is 0 Å². The van der Waals surface area contributed by atoms with Gasteiger partial charge in [-0.15, -0.1) is 6.58 Å². The minimum atomic E-state index is -0.351. The van der Waals surface area contributed by atoms with Gasteiger partial charge < -0.3 is 14.7 Å². The van der Waals surface area contributed by atoms with Crippen LogP contribution in [0, 0.1) is 19.8 Å². The fourth-order valence-electron chi connectivity index (χ4n) is 3.97. The molecule has 0 spiro atoms. The second kappa shape index (κ2) is 7.94. The van der Waals surface area contributed by atoms with E-state index in [-0.39, 0.29) is 36.6 Å². The van der Waals surface area contributed by atoms with Crippen molar-refractivity contribution in [3.05, 3.63) is 47.5 Å². The Morgan fingerprint density at radius 2 is 1.81 bits per heavy atom. The van der Waals surface area contributed by atoms with E-state index in [1.165, 1.54) is 11.1 Å². The molecule has 3 rings (SSSR count). The largest absolute Gasteiger partial charge is 0.338 e. The van der Waals surface area contributed by atoms with Crippen molar-refractivity contribution >= 4 is 17.7 Å². The molecule has 0 radical (unpaired) electrons. The molecule has 0 aromatic heterocycles. The monoisotopic (exact) mass is 369 g/mol. The first-order valence-electron chi connectivity index (χ1n) is 9.39. The Labute approximate surface area is 160 Å². The van der Waals surface area contributed by atoms with Crippen LogP contribution in [0.4, 0.5) is 0 Å². The van der Waals surface area contributed by atoms with Crippen molar-refractivity contribution in [2.75, 3.05) is 32.7 Å². The lowest BCUT2D eigenvalue weighted by Crippen LogP contribution is -2.53. The molecule has 0 N–H and O–H groups in total. The third-order valence-corrected chi connectivity index (χ3v) is 5.20. The highest BCUT2D eigenvalue weighted by Gasteiger charge is 2.38. The lowest BCUT2D eigenvalue weighted by atomic mass is 10.1. The summed E-state index contributed by atoms with van der Waals surface area (Å²) < 4.78 is 0. The first kappa shape index (κ1) is 19.1. The molecule has 144 valence electrons. The van der Waals surface area contributed by atoms with E-state index in [1.807, 2.05) is 18.7 Å². The van der Waals surface area contributed by atoms with Crippen LogP contribution in [0.15, 0.2) is 30.9 Å². The van der Waals surface area contributed by atoms with E-state index in [1.54, 1.807) is 15.9 Å². The summed E-state index contributed by atoms with van der Waals surface area (Å²) in [6.45, 7) is 10.3. The number of nitrogens with zero attached hydrogens (tertiary/aromatic N) is 3. The predicted octanol–water partition coefficient (Wildman–Crippen LogP) is 1.51. The summed E-state index contributed by atoms with van der Waals surface area (Å²) in [4.78, 5) is 42.3. The lowest BCUT2D eigenvalue weighted by molar-refractivity contribution is -0.147. The average molecular weight is 369 g/mol. The minimum Gasteiger partial charge on any atom is -0.338 e. The Balaban J connectivity index is 1.58. The molecule has 1 aromatic carbocycles. The molecule has 6 nitrogen and oxygen atoms in total. The van der Waals surface area contributed by atoms with Gasteiger partial charge in [0.2, 0.25) is 17.7 Å². The van der Waals surface area contributed by atoms with Gasteiger partial charge in [-0.1, -0.05) is 35.4 Å². The maximum atomic E-state index is 12.7. The van der Waals surface area contributed by atoms with Gasteiger partial charge in [0.05, 0.1) is 12.5 Å². The highest BCUT2D eigenvalue weighted by Crippen LogP contribution is 2.21. The molecule has 2 heterocycles. The van der Waals surface area contributed by atoms with E-state index in [0.29, 0.717) is 32.7 Å². The highest BCUT2D eigenvalue weighted by molar-refractivity contribution is 5.92. The van der Waals surface area contributed by atoms with Gasteiger partial charge in [-0.05, 0) is 19.4 Å². The fourth-order valence-corrected chi connectivity index (χ4v) is 3.97. The summed E-state index contributed by atoms with van der Waals surface area (Å²) in [5.74, 6) is -0.500. The van der Waals surface area contributed by atoms with Crippen LogP contribution >= 0.6 is 0 Å². The zero-order valence-electron chi connectivity index (χ0n) is 16.1. The van der Waals surface area contributed by atoms with Crippen LogP contribution in [0.1, 0.15) is 23.1 Å². The number of aryl methyl sites for hydroxylation is 2. The van der Waals surface area contributed by atoms with Crippen molar-refractivity contribution in [1.82, 2.24) is 14.7 Å². The molecule has 0 aliphatic carbocycles. The van der Waals surface area contributed by atoms with Gasteiger partial charge in [-0.25, -0.2) is 0 Å². The molecule has 2 fully saturated rings. The summed E-state index contributed by atoms with van der Waals surface area (Å²) in [6, 6.07) is 6.30. The Morgan fingerprint density at radius 1 is 1.11 bits per heavy atom. The van der Waals surface area contributed by atoms with Crippen molar-refractivity contribution in [2.45, 2.75) is 26.8 Å². The summed E-state index contributed by atoms with van der Waals surface area (Å²) in [5, 5.41) is 0. The SMILES string of the molecule is C=CCN1C[C@H](C(=O)N2CCN(Cc3cc(C)cc(C)c3)C(=O)C2)CC1=O. The fraction of sp³-hybridized carbons (Fsp3) is 0.476. The van der Waals surface area contributed by atoms with E-state index in [4.69, 9.17) is 0 Å². The quantitative estimate of drug-likeness (QED) is 0.739. The Hall–Kier alpha value is -2.63. The van der Waals surface area contributed by atoms with Gasteiger partial charge in [0.1, 0.15) is 0 Å². The van der Waals surface area contributed by atoms with Crippen LogP contribution in [-0.4, -0.2) is 65.1 Å². The Bertz CT molecular complexity index is 754. The third kappa shape index (κ3) is 4.38. The van der Waals surface area contributed by atoms with Crippen molar-refractivity contribution in [3.8, 4) is 0 Å². The maximum absolute atomic E-state index is 12.7. The Morgan fingerprint density at radius 3 is 2.44 bits per heavy atom. The molecule has 2 aliphatic heterocycles. The maximum Gasteiger partial charge on any atom is 0.242 e. The van der Waals surface area contributed by atoms with E-state index < -0.39 is 0 Å². The summed E-state index contributed by atoms with van der Waals surface area (Å²) in [7, 11) is 0. The zero-order valence-corrected chi connectivity index (χ0v) is 16.1. The van der Waals surface area contributed by atoms with Crippen molar-refractivity contribution in [2.24, 2.45) is 5.92 Å². The summed E-state index contributed by atoms with van der Waals surface area (Å²) >= 11 is 0. The van der Waals surface area contributed by atoms with Gasteiger partial charge in [-0.2, -0.15) is 0 Å². The number of hydrogen-bond donors (Lipinski definition) is 0. The van der Waals surface area contributed by atoms with Crippen LogP contribution in [-0.2, 0) is 20.9 Å². The average Bonchev–Trinajstić information content (AvgIpc) is 2.96. The molecular formula is C21H27N3O3.